The Bertz CT molecular complexity index is 976. The molecule has 1 aromatic carbocycles. The first kappa shape index (κ1) is 20.7. The lowest BCUT2D eigenvalue weighted by Crippen LogP contribution is -2.34. The molecule has 1 aromatic heterocycles. The number of carbonyl (C=O) groups excluding carboxylic acids is 1. The zero-order valence-corrected chi connectivity index (χ0v) is 17.7. The number of rotatable bonds is 8. The van der Waals surface area contributed by atoms with Gasteiger partial charge in [-0.25, -0.2) is 0 Å². The number of hydrogen-bond acceptors (Lipinski definition) is 5. The average molecular weight is 409 g/mol. The van der Waals surface area contributed by atoms with Crippen molar-refractivity contribution in [3.63, 3.8) is 0 Å². The first-order chi connectivity index (χ1) is 13.3. The molecule has 2 aromatic rings. The first-order valence-electron chi connectivity index (χ1n) is 9.62. The van der Waals surface area contributed by atoms with Gasteiger partial charge >= 0.3 is 0 Å². The SMILES string of the molecule is CCN(CC)C(=O)C1CCc2c1c1cc(OC)ccc1n2CCOS(C)(=O)=O. The molecule has 154 valence electrons. The highest BCUT2D eigenvalue weighted by molar-refractivity contribution is 7.85. The van der Waals surface area contributed by atoms with E-state index in [4.69, 9.17) is 8.92 Å². The van der Waals surface area contributed by atoms with Crippen molar-refractivity contribution in [1.82, 2.24) is 9.47 Å². The molecule has 0 fully saturated rings. The summed E-state index contributed by atoms with van der Waals surface area (Å²) >= 11 is 0. The molecule has 0 bridgehead atoms. The number of carbonyl (C=O) groups is 1. The molecule has 0 saturated carbocycles. The number of benzene rings is 1. The van der Waals surface area contributed by atoms with Gasteiger partial charge < -0.3 is 14.2 Å². The maximum absolute atomic E-state index is 13.1. The summed E-state index contributed by atoms with van der Waals surface area (Å²) in [4.78, 5) is 15.0. The van der Waals surface area contributed by atoms with Gasteiger partial charge in [0.15, 0.2) is 0 Å². The Labute approximate surface area is 166 Å². The molecular weight excluding hydrogens is 380 g/mol. The van der Waals surface area contributed by atoms with E-state index < -0.39 is 10.1 Å². The Morgan fingerprint density at radius 2 is 2.00 bits per heavy atom. The lowest BCUT2D eigenvalue weighted by molar-refractivity contribution is -0.132. The Morgan fingerprint density at radius 1 is 1.29 bits per heavy atom. The normalized spacial score (nSPS) is 16.4. The van der Waals surface area contributed by atoms with Gasteiger partial charge in [-0.1, -0.05) is 0 Å². The van der Waals surface area contributed by atoms with Crippen LogP contribution in [0.3, 0.4) is 0 Å². The third-order valence-electron chi connectivity index (χ3n) is 5.43. The molecule has 1 atom stereocenters. The van der Waals surface area contributed by atoms with Crippen molar-refractivity contribution < 1.29 is 22.1 Å². The monoisotopic (exact) mass is 408 g/mol. The number of nitrogens with zero attached hydrogens (tertiary/aromatic N) is 2. The minimum atomic E-state index is -3.49. The van der Waals surface area contributed by atoms with Crippen LogP contribution in [0.5, 0.6) is 5.75 Å². The maximum atomic E-state index is 13.1. The molecule has 1 aliphatic rings. The van der Waals surface area contributed by atoms with Crippen LogP contribution in [0.1, 0.15) is 37.4 Å². The number of hydrogen-bond donors (Lipinski definition) is 0. The van der Waals surface area contributed by atoms with E-state index in [1.54, 1.807) is 7.11 Å². The van der Waals surface area contributed by atoms with E-state index in [0.717, 1.165) is 47.0 Å². The summed E-state index contributed by atoms with van der Waals surface area (Å²) in [5, 5.41) is 0.997. The fourth-order valence-corrected chi connectivity index (χ4v) is 4.54. The second kappa shape index (κ2) is 8.13. The van der Waals surface area contributed by atoms with Crippen molar-refractivity contribution in [2.24, 2.45) is 0 Å². The summed E-state index contributed by atoms with van der Waals surface area (Å²) in [7, 11) is -1.87. The molecule has 0 aliphatic heterocycles. The van der Waals surface area contributed by atoms with Crippen molar-refractivity contribution >= 4 is 26.9 Å². The van der Waals surface area contributed by atoms with Crippen LogP contribution < -0.4 is 4.74 Å². The van der Waals surface area contributed by atoms with Gasteiger partial charge in [0, 0.05) is 36.2 Å². The van der Waals surface area contributed by atoms with Crippen LogP contribution in [0.4, 0.5) is 0 Å². The Kier molecular flexibility index (Phi) is 6.00. The lowest BCUT2D eigenvalue weighted by Gasteiger charge is -2.23. The number of aromatic nitrogens is 1. The van der Waals surface area contributed by atoms with E-state index in [1.807, 2.05) is 36.9 Å². The molecule has 0 saturated heterocycles. The molecule has 1 heterocycles. The van der Waals surface area contributed by atoms with Crippen molar-refractivity contribution in [3.05, 3.63) is 29.5 Å². The van der Waals surface area contributed by atoms with E-state index in [9.17, 15) is 13.2 Å². The standard InChI is InChI=1S/C20H28N2O5S/c1-5-21(6-2)20(23)15-8-10-18-19(15)16-13-14(26-3)7-9-17(16)22(18)11-12-27-28(4,24)25/h7,9,13,15H,5-6,8,10-12H2,1-4H3. The molecule has 0 radical (unpaired) electrons. The van der Waals surface area contributed by atoms with Crippen LogP contribution >= 0.6 is 0 Å². The first-order valence-corrected chi connectivity index (χ1v) is 11.4. The molecule has 28 heavy (non-hydrogen) atoms. The number of ether oxygens (including phenoxy) is 1. The van der Waals surface area contributed by atoms with Crippen LogP contribution in [0, 0.1) is 0 Å². The van der Waals surface area contributed by atoms with Crippen molar-refractivity contribution in [3.8, 4) is 5.75 Å². The summed E-state index contributed by atoms with van der Waals surface area (Å²) < 4.78 is 35.1. The summed E-state index contributed by atoms with van der Waals surface area (Å²) in [6.45, 7) is 5.84. The predicted octanol–water partition coefficient (Wildman–Crippen LogP) is 2.52. The van der Waals surface area contributed by atoms with Gasteiger partial charge in [-0.05, 0) is 50.5 Å². The Hall–Kier alpha value is -2.06. The van der Waals surface area contributed by atoms with E-state index in [2.05, 4.69) is 4.57 Å². The zero-order chi connectivity index (χ0) is 20.5. The average Bonchev–Trinajstić information content (AvgIpc) is 3.20. The fourth-order valence-electron chi connectivity index (χ4n) is 4.16. The smallest absolute Gasteiger partial charge is 0.264 e. The quantitative estimate of drug-likeness (QED) is 0.627. The third kappa shape index (κ3) is 3.89. The maximum Gasteiger partial charge on any atom is 0.264 e. The van der Waals surface area contributed by atoms with Gasteiger partial charge in [0.2, 0.25) is 5.91 Å². The van der Waals surface area contributed by atoms with Crippen LogP contribution in [-0.4, -0.2) is 56.9 Å². The molecule has 8 heteroatoms. The Morgan fingerprint density at radius 3 is 2.61 bits per heavy atom. The summed E-state index contributed by atoms with van der Waals surface area (Å²) in [6, 6.07) is 5.81. The molecule has 1 amide bonds. The van der Waals surface area contributed by atoms with E-state index in [1.165, 1.54) is 0 Å². The number of methoxy groups -OCH3 is 1. The van der Waals surface area contributed by atoms with Crippen molar-refractivity contribution in [2.75, 3.05) is 33.1 Å². The molecule has 1 unspecified atom stereocenters. The van der Waals surface area contributed by atoms with Crippen molar-refractivity contribution in [1.29, 1.82) is 0 Å². The van der Waals surface area contributed by atoms with E-state index >= 15 is 0 Å². The minimum Gasteiger partial charge on any atom is -0.497 e. The van der Waals surface area contributed by atoms with Crippen LogP contribution in [-0.2, 0) is 32.1 Å². The third-order valence-corrected chi connectivity index (χ3v) is 6.02. The van der Waals surface area contributed by atoms with E-state index in [0.29, 0.717) is 19.6 Å². The highest BCUT2D eigenvalue weighted by atomic mass is 32.2. The topological polar surface area (TPSA) is 77.8 Å². The highest BCUT2D eigenvalue weighted by Gasteiger charge is 2.36. The number of likely N-dealkylation sites (N-methyl/N-ethyl adjacent to an activating group) is 1. The van der Waals surface area contributed by atoms with Gasteiger partial charge in [-0.15, -0.1) is 0 Å². The van der Waals surface area contributed by atoms with Crippen LogP contribution in [0.15, 0.2) is 18.2 Å². The largest absolute Gasteiger partial charge is 0.497 e. The summed E-state index contributed by atoms with van der Waals surface area (Å²) in [6.07, 6.45) is 2.60. The highest BCUT2D eigenvalue weighted by Crippen LogP contribution is 2.42. The Balaban J connectivity index is 2.05. The molecule has 0 N–H and O–H groups in total. The minimum absolute atomic E-state index is 0.0652. The van der Waals surface area contributed by atoms with Crippen molar-refractivity contribution in [2.45, 2.75) is 39.2 Å². The second-order valence-corrected chi connectivity index (χ2v) is 8.67. The molecule has 7 nitrogen and oxygen atoms in total. The van der Waals surface area contributed by atoms with Gasteiger partial charge in [-0.2, -0.15) is 8.42 Å². The van der Waals surface area contributed by atoms with Crippen LogP contribution in [0.2, 0.25) is 0 Å². The zero-order valence-electron chi connectivity index (χ0n) is 16.9. The van der Waals surface area contributed by atoms with Crippen LogP contribution in [0.25, 0.3) is 10.9 Å². The van der Waals surface area contributed by atoms with Gasteiger partial charge in [0.05, 0.1) is 25.9 Å². The number of fused-ring (bicyclic) bond motifs is 3. The summed E-state index contributed by atoms with van der Waals surface area (Å²) in [5.41, 5.74) is 3.11. The van der Waals surface area contributed by atoms with E-state index in [-0.39, 0.29) is 18.4 Å². The predicted molar refractivity (Wildman–Crippen MR) is 108 cm³/mol. The fraction of sp³-hybridized carbons (Fsp3) is 0.550. The molecule has 1 aliphatic carbocycles. The molecule has 3 rings (SSSR count). The van der Waals surface area contributed by atoms with Gasteiger partial charge in [-0.3, -0.25) is 8.98 Å². The molecular formula is C20H28N2O5S. The lowest BCUT2D eigenvalue weighted by atomic mass is 9.98. The van der Waals surface area contributed by atoms with Gasteiger partial charge in [0.25, 0.3) is 10.1 Å². The second-order valence-electron chi connectivity index (χ2n) is 7.02. The van der Waals surface area contributed by atoms with Gasteiger partial charge in [0.1, 0.15) is 5.75 Å². The number of amides is 1. The summed E-state index contributed by atoms with van der Waals surface area (Å²) in [5.74, 6) is 0.709. The molecule has 0 spiro atoms.